The van der Waals surface area contributed by atoms with Crippen LogP contribution < -0.4 is 0 Å². The lowest BCUT2D eigenvalue weighted by molar-refractivity contribution is -0.177. The van der Waals surface area contributed by atoms with Crippen LogP contribution in [-0.4, -0.2) is 27.3 Å². The van der Waals surface area contributed by atoms with Crippen molar-refractivity contribution in [1.82, 2.24) is 0 Å². The molecule has 3 N–H and O–H groups in total. The van der Waals surface area contributed by atoms with Crippen molar-refractivity contribution >= 4 is 35.1 Å². The van der Waals surface area contributed by atoms with Crippen molar-refractivity contribution < 1.29 is 24.9 Å². The third-order valence-electron chi connectivity index (χ3n) is 1.94. The molecule has 1 aromatic carbocycles. The minimum absolute atomic E-state index is 0.201. The molecule has 0 atom stereocenters. The Bertz CT molecular complexity index is 443. The topological polar surface area (TPSA) is 94.8 Å². The highest BCUT2D eigenvalue weighted by Gasteiger charge is 2.48. The maximum Gasteiger partial charge on any atom is 0.352 e. The Hall–Kier alpha value is -1.30. The summed E-state index contributed by atoms with van der Waals surface area (Å²) < 4.78 is 0. The van der Waals surface area contributed by atoms with Gasteiger partial charge in [-0.1, -0.05) is 29.3 Å². The molecule has 0 saturated carbocycles. The van der Waals surface area contributed by atoms with Crippen molar-refractivity contribution in [2.45, 2.75) is 5.60 Å². The molecule has 0 aromatic heterocycles. The fraction of sp³-hybridized carbons (Fsp3) is 0.111. The van der Waals surface area contributed by atoms with Crippen LogP contribution in [0.1, 0.15) is 5.56 Å². The molecule has 7 heteroatoms. The molecule has 0 aliphatic carbocycles. The maximum absolute atomic E-state index is 10.8. The van der Waals surface area contributed by atoms with Crippen LogP contribution in [0, 0.1) is 0 Å². The van der Waals surface area contributed by atoms with Gasteiger partial charge in [0.25, 0.3) is 5.60 Å². The molecule has 16 heavy (non-hydrogen) atoms. The molecule has 0 amide bonds. The predicted molar refractivity (Wildman–Crippen MR) is 55.6 cm³/mol. The van der Waals surface area contributed by atoms with E-state index in [4.69, 9.17) is 33.4 Å². The summed E-state index contributed by atoms with van der Waals surface area (Å²) in [6, 6.07) is 3.43. The van der Waals surface area contributed by atoms with Crippen LogP contribution in [0.5, 0.6) is 0 Å². The van der Waals surface area contributed by atoms with E-state index >= 15 is 0 Å². The van der Waals surface area contributed by atoms with E-state index in [9.17, 15) is 14.7 Å². The second-order valence-electron chi connectivity index (χ2n) is 2.94. The molecule has 0 aliphatic heterocycles. The molecular weight excluding hydrogens is 259 g/mol. The number of benzene rings is 1. The first-order valence-electron chi connectivity index (χ1n) is 3.95. The van der Waals surface area contributed by atoms with Crippen molar-refractivity contribution in [2.75, 3.05) is 0 Å². The Labute approximate surface area is 99.8 Å². The predicted octanol–water partition coefficient (Wildman–Crippen LogP) is 1.35. The number of aliphatic carboxylic acids is 2. The zero-order chi connectivity index (χ0) is 12.5. The summed E-state index contributed by atoms with van der Waals surface area (Å²) in [6.07, 6.45) is 0. The summed E-state index contributed by atoms with van der Waals surface area (Å²) in [5.41, 5.74) is -3.53. The van der Waals surface area contributed by atoms with Gasteiger partial charge in [-0.15, -0.1) is 0 Å². The van der Waals surface area contributed by atoms with Gasteiger partial charge in [-0.3, -0.25) is 0 Å². The lowest BCUT2D eigenvalue weighted by atomic mass is 9.94. The van der Waals surface area contributed by atoms with Gasteiger partial charge in [-0.05, 0) is 12.1 Å². The van der Waals surface area contributed by atoms with E-state index < -0.39 is 23.1 Å². The number of carboxylic acid groups (broad SMARTS) is 2. The highest BCUT2D eigenvalue weighted by Crippen LogP contribution is 2.31. The molecule has 0 unspecified atom stereocenters. The number of aliphatic hydroxyl groups is 1. The van der Waals surface area contributed by atoms with Crippen LogP contribution >= 0.6 is 23.2 Å². The van der Waals surface area contributed by atoms with Crippen molar-refractivity contribution in [1.29, 1.82) is 0 Å². The van der Waals surface area contributed by atoms with Gasteiger partial charge >= 0.3 is 11.9 Å². The fourth-order valence-electron chi connectivity index (χ4n) is 1.10. The van der Waals surface area contributed by atoms with Crippen LogP contribution in [0.2, 0.25) is 10.0 Å². The van der Waals surface area contributed by atoms with Gasteiger partial charge in [0.15, 0.2) is 0 Å². The average Bonchev–Trinajstić information content (AvgIpc) is 2.15. The number of rotatable bonds is 3. The summed E-state index contributed by atoms with van der Waals surface area (Å²) in [4.78, 5) is 21.6. The summed E-state index contributed by atoms with van der Waals surface area (Å²) >= 11 is 11.2. The Morgan fingerprint density at radius 1 is 1.12 bits per heavy atom. The maximum atomic E-state index is 10.8. The molecule has 1 rings (SSSR count). The van der Waals surface area contributed by atoms with Crippen LogP contribution in [0.3, 0.4) is 0 Å². The molecule has 0 spiro atoms. The molecule has 1 aromatic rings. The second kappa shape index (κ2) is 4.29. The van der Waals surface area contributed by atoms with Crippen LogP contribution in [0.25, 0.3) is 0 Å². The van der Waals surface area contributed by atoms with Crippen LogP contribution in [0.4, 0.5) is 0 Å². The van der Waals surface area contributed by atoms with E-state index in [0.717, 1.165) is 12.1 Å². The van der Waals surface area contributed by atoms with Crippen molar-refractivity contribution in [3.05, 3.63) is 33.8 Å². The largest absolute Gasteiger partial charge is 0.478 e. The third kappa shape index (κ3) is 1.97. The van der Waals surface area contributed by atoms with Gasteiger partial charge in [0.05, 0.1) is 0 Å². The summed E-state index contributed by atoms with van der Waals surface area (Å²) in [6.45, 7) is 0. The zero-order valence-electron chi connectivity index (χ0n) is 7.65. The molecule has 0 bridgehead atoms. The molecule has 0 fully saturated rings. The smallest absolute Gasteiger partial charge is 0.352 e. The first kappa shape index (κ1) is 12.8. The van der Waals surface area contributed by atoms with E-state index in [1.807, 2.05) is 0 Å². The lowest BCUT2D eigenvalue weighted by Gasteiger charge is -2.19. The highest BCUT2D eigenvalue weighted by atomic mass is 35.5. The number of hydrogen-bond acceptors (Lipinski definition) is 3. The number of carbonyl (C=O) groups is 2. The monoisotopic (exact) mass is 264 g/mol. The SMILES string of the molecule is O=C(O)C(O)(C(=O)O)c1ccc(Cl)cc1Cl. The Kier molecular flexibility index (Phi) is 3.42. The lowest BCUT2D eigenvalue weighted by Crippen LogP contribution is -2.43. The van der Waals surface area contributed by atoms with Crippen molar-refractivity contribution in [3.8, 4) is 0 Å². The second-order valence-corrected chi connectivity index (χ2v) is 3.79. The average molecular weight is 265 g/mol. The standard InChI is InChI=1S/C9H6Cl2O5/c10-4-1-2-5(6(11)3-4)9(16,7(12)13)8(14)15/h1-3,16H,(H,12,13)(H,14,15). The zero-order valence-corrected chi connectivity index (χ0v) is 9.16. The number of halogens is 2. The van der Waals surface area contributed by atoms with E-state index in [0.29, 0.717) is 0 Å². The summed E-state index contributed by atoms with van der Waals surface area (Å²) in [7, 11) is 0. The summed E-state index contributed by atoms with van der Waals surface area (Å²) in [5, 5.41) is 27.0. The first-order chi connectivity index (χ1) is 7.30. The fourth-order valence-corrected chi connectivity index (χ4v) is 1.65. The third-order valence-corrected chi connectivity index (χ3v) is 2.49. The van der Waals surface area contributed by atoms with Gasteiger partial charge in [0.2, 0.25) is 0 Å². The van der Waals surface area contributed by atoms with Gasteiger partial charge in [-0.2, -0.15) is 0 Å². The number of hydrogen-bond donors (Lipinski definition) is 3. The Morgan fingerprint density at radius 3 is 2.00 bits per heavy atom. The van der Waals surface area contributed by atoms with E-state index in [-0.39, 0.29) is 10.0 Å². The molecule has 0 radical (unpaired) electrons. The molecule has 0 aliphatic rings. The van der Waals surface area contributed by atoms with Gasteiger partial charge in [0, 0.05) is 15.6 Å². The van der Waals surface area contributed by atoms with Gasteiger partial charge < -0.3 is 15.3 Å². The minimum atomic E-state index is -3.08. The van der Waals surface area contributed by atoms with Gasteiger partial charge in [-0.25, -0.2) is 9.59 Å². The van der Waals surface area contributed by atoms with Gasteiger partial charge in [0.1, 0.15) is 0 Å². The highest BCUT2D eigenvalue weighted by molar-refractivity contribution is 6.35. The normalized spacial score (nSPS) is 11.2. The summed E-state index contributed by atoms with van der Waals surface area (Å²) in [5.74, 6) is -3.85. The van der Waals surface area contributed by atoms with E-state index in [1.165, 1.54) is 6.07 Å². The quantitative estimate of drug-likeness (QED) is 0.717. The Morgan fingerprint density at radius 2 is 1.62 bits per heavy atom. The van der Waals surface area contributed by atoms with Crippen molar-refractivity contribution in [3.63, 3.8) is 0 Å². The van der Waals surface area contributed by atoms with Crippen LogP contribution in [-0.2, 0) is 15.2 Å². The minimum Gasteiger partial charge on any atom is -0.478 e. The molecular formula is C9H6Cl2O5. The van der Waals surface area contributed by atoms with E-state index in [2.05, 4.69) is 0 Å². The Balaban J connectivity index is 3.44. The first-order valence-corrected chi connectivity index (χ1v) is 4.70. The van der Waals surface area contributed by atoms with Crippen LogP contribution in [0.15, 0.2) is 18.2 Å². The molecule has 5 nitrogen and oxygen atoms in total. The molecule has 0 saturated heterocycles. The number of carboxylic acids is 2. The molecule has 86 valence electrons. The molecule has 0 heterocycles. The van der Waals surface area contributed by atoms with Crippen molar-refractivity contribution in [2.24, 2.45) is 0 Å². The van der Waals surface area contributed by atoms with E-state index in [1.54, 1.807) is 0 Å².